The van der Waals surface area contributed by atoms with Crippen LogP contribution in [0.15, 0.2) is 42.5 Å². The fourth-order valence-electron chi connectivity index (χ4n) is 2.40. The molecule has 0 unspecified atom stereocenters. The van der Waals surface area contributed by atoms with E-state index in [0.29, 0.717) is 5.75 Å². The van der Waals surface area contributed by atoms with Gasteiger partial charge < -0.3 is 4.74 Å². The topological polar surface area (TPSA) is 111 Å². The maximum absolute atomic E-state index is 11.9. The van der Waals surface area contributed by atoms with Crippen molar-refractivity contribution >= 4 is 17.5 Å². The molecule has 2 N–H and O–H groups in total. The van der Waals surface area contributed by atoms with Gasteiger partial charge in [0.25, 0.3) is 11.6 Å². The minimum Gasteiger partial charge on any atom is -0.483 e. The smallest absolute Gasteiger partial charge is 0.276 e. The second kappa shape index (κ2) is 8.61. The van der Waals surface area contributed by atoms with E-state index in [9.17, 15) is 19.7 Å². The van der Waals surface area contributed by atoms with Crippen LogP contribution in [0, 0.1) is 24.0 Å². The molecule has 0 saturated heterocycles. The van der Waals surface area contributed by atoms with Gasteiger partial charge in [0.2, 0.25) is 5.91 Å². The Bertz CT molecular complexity index is 815. The Labute approximate surface area is 150 Å². The number of nitrogens with one attached hydrogen (secondary N) is 2. The lowest BCUT2D eigenvalue weighted by Crippen LogP contribution is -2.44. The quantitative estimate of drug-likeness (QED) is 0.607. The zero-order valence-electron chi connectivity index (χ0n) is 14.4. The minimum atomic E-state index is -0.570. The van der Waals surface area contributed by atoms with Gasteiger partial charge in [0, 0.05) is 11.6 Å². The average molecular weight is 357 g/mol. The predicted molar refractivity (Wildman–Crippen MR) is 94.5 cm³/mol. The number of benzene rings is 2. The summed E-state index contributed by atoms with van der Waals surface area (Å²) in [5, 5.41) is 10.9. The van der Waals surface area contributed by atoms with Crippen molar-refractivity contribution in [3.8, 4) is 5.75 Å². The number of hydrogen-bond donors (Lipinski definition) is 2. The Morgan fingerprint density at radius 2 is 1.62 bits per heavy atom. The summed E-state index contributed by atoms with van der Waals surface area (Å²) in [6.45, 7) is 3.47. The van der Waals surface area contributed by atoms with Gasteiger partial charge in [0.05, 0.1) is 11.3 Å². The van der Waals surface area contributed by atoms with Gasteiger partial charge in [-0.3, -0.25) is 30.6 Å². The van der Waals surface area contributed by atoms with E-state index < -0.39 is 16.7 Å². The van der Waals surface area contributed by atoms with Crippen LogP contribution >= 0.6 is 0 Å². The molecule has 0 bridgehead atoms. The molecule has 2 rings (SSSR count). The van der Waals surface area contributed by atoms with Crippen LogP contribution in [0.3, 0.4) is 0 Å². The molecule has 8 heteroatoms. The Morgan fingerprint density at radius 3 is 2.27 bits per heavy atom. The molecule has 0 radical (unpaired) electrons. The average Bonchev–Trinajstić information content (AvgIpc) is 2.60. The second-order valence-electron chi connectivity index (χ2n) is 5.67. The molecule has 8 nitrogen and oxygen atoms in total. The summed E-state index contributed by atoms with van der Waals surface area (Å²) in [4.78, 5) is 34.1. The standard InChI is InChI=1S/C18H19N3O5/c1-12-6-5-7-13(2)18(12)26-11-17(23)20-19-16(22)10-14-8-3-4-9-15(14)21(24)25/h3-9H,10-11H2,1-2H3,(H,19,22)(H,20,23). The van der Waals surface area contributed by atoms with Gasteiger partial charge in [-0.25, -0.2) is 0 Å². The first kappa shape index (κ1) is 18.9. The SMILES string of the molecule is Cc1cccc(C)c1OCC(=O)NNC(=O)Cc1ccccc1[N+](=O)[O-]. The van der Waals surface area contributed by atoms with Gasteiger partial charge in [-0.05, 0) is 25.0 Å². The molecule has 136 valence electrons. The van der Waals surface area contributed by atoms with E-state index >= 15 is 0 Å². The molecule has 0 atom stereocenters. The van der Waals surface area contributed by atoms with E-state index in [1.807, 2.05) is 32.0 Å². The van der Waals surface area contributed by atoms with E-state index in [-0.39, 0.29) is 24.3 Å². The molecule has 0 aromatic heterocycles. The third-order valence-corrected chi connectivity index (χ3v) is 3.64. The van der Waals surface area contributed by atoms with E-state index in [2.05, 4.69) is 10.9 Å². The number of aryl methyl sites for hydroxylation is 2. The zero-order chi connectivity index (χ0) is 19.1. The molecule has 2 aromatic rings. The molecule has 0 fully saturated rings. The van der Waals surface area contributed by atoms with Crippen molar-refractivity contribution < 1.29 is 19.2 Å². The van der Waals surface area contributed by atoms with Crippen LogP contribution in [-0.2, 0) is 16.0 Å². The number of amides is 2. The molecule has 0 spiro atoms. The monoisotopic (exact) mass is 357 g/mol. The summed E-state index contributed by atoms with van der Waals surface area (Å²) in [6.07, 6.45) is -0.227. The summed E-state index contributed by atoms with van der Waals surface area (Å²) < 4.78 is 5.48. The lowest BCUT2D eigenvalue weighted by molar-refractivity contribution is -0.385. The number of nitrogens with zero attached hydrogens (tertiary/aromatic N) is 1. The number of nitro groups is 1. The zero-order valence-corrected chi connectivity index (χ0v) is 14.4. The van der Waals surface area contributed by atoms with E-state index in [1.54, 1.807) is 6.07 Å². The number of hydrazine groups is 1. The maximum Gasteiger partial charge on any atom is 0.276 e. The number of carbonyl (C=O) groups is 2. The van der Waals surface area contributed by atoms with Crippen molar-refractivity contribution in [3.05, 3.63) is 69.3 Å². The molecule has 26 heavy (non-hydrogen) atoms. The first-order chi connectivity index (χ1) is 12.4. The van der Waals surface area contributed by atoms with Crippen LogP contribution in [0.25, 0.3) is 0 Å². The van der Waals surface area contributed by atoms with Crippen LogP contribution in [0.1, 0.15) is 16.7 Å². The molecule has 0 aliphatic rings. The number of nitro benzene ring substituents is 1. The number of carbonyl (C=O) groups excluding carboxylic acids is 2. The lowest BCUT2D eigenvalue weighted by atomic mass is 10.1. The number of para-hydroxylation sites is 2. The minimum absolute atomic E-state index is 0.146. The Morgan fingerprint density at radius 1 is 1.00 bits per heavy atom. The normalized spacial score (nSPS) is 10.1. The van der Waals surface area contributed by atoms with Gasteiger partial charge >= 0.3 is 0 Å². The fraction of sp³-hybridized carbons (Fsp3) is 0.222. The largest absolute Gasteiger partial charge is 0.483 e. The first-order valence-corrected chi connectivity index (χ1v) is 7.87. The maximum atomic E-state index is 11.9. The number of ether oxygens (including phenoxy) is 1. The lowest BCUT2D eigenvalue weighted by Gasteiger charge is -2.12. The molecule has 0 aliphatic heterocycles. The van der Waals surface area contributed by atoms with Crippen LogP contribution in [-0.4, -0.2) is 23.3 Å². The molecule has 0 heterocycles. The highest BCUT2D eigenvalue weighted by Gasteiger charge is 2.16. The Balaban J connectivity index is 1.84. The molecule has 0 aliphatic carbocycles. The van der Waals surface area contributed by atoms with Gasteiger partial charge in [0.1, 0.15) is 5.75 Å². The molecule has 0 saturated carbocycles. The summed E-state index contributed by atoms with van der Waals surface area (Å²) in [5.74, 6) is -0.489. The number of rotatable bonds is 6. The highest BCUT2D eigenvalue weighted by molar-refractivity contribution is 5.84. The van der Waals surface area contributed by atoms with E-state index in [1.165, 1.54) is 18.2 Å². The molecule has 2 aromatic carbocycles. The van der Waals surface area contributed by atoms with E-state index in [0.717, 1.165) is 11.1 Å². The van der Waals surface area contributed by atoms with Gasteiger partial charge in [-0.2, -0.15) is 0 Å². The van der Waals surface area contributed by atoms with Crippen molar-refractivity contribution in [1.29, 1.82) is 0 Å². The van der Waals surface area contributed by atoms with Crippen LogP contribution in [0.5, 0.6) is 5.75 Å². The number of hydrogen-bond acceptors (Lipinski definition) is 5. The Kier molecular flexibility index (Phi) is 6.26. The molecule has 2 amide bonds. The third kappa shape index (κ3) is 5.04. The van der Waals surface area contributed by atoms with Crippen LogP contribution in [0.2, 0.25) is 0 Å². The van der Waals surface area contributed by atoms with Gasteiger partial charge in [-0.1, -0.05) is 36.4 Å². The Hall–Kier alpha value is -3.42. The fourth-order valence-corrected chi connectivity index (χ4v) is 2.40. The van der Waals surface area contributed by atoms with Crippen LogP contribution in [0.4, 0.5) is 5.69 Å². The first-order valence-electron chi connectivity index (χ1n) is 7.87. The van der Waals surface area contributed by atoms with E-state index in [4.69, 9.17) is 4.74 Å². The predicted octanol–water partition coefficient (Wildman–Crippen LogP) is 1.98. The summed E-state index contributed by atoms with van der Waals surface area (Å²) in [7, 11) is 0. The second-order valence-corrected chi connectivity index (χ2v) is 5.67. The summed E-state index contributed by atoms with van der Waals surface area (Å²) in [5.41, 5.74) is 6.37. The van der Waals surface area contributed by atoms with Crippen molar-refractivity contribution in [2.45, 2.75) is 20.3 Å². The highest BCUT2D eigenvalue weighted by atomic mass is 16.6. The van der Waals surface area contributed by atoms with Crippen molar-refractivity contribution in [2.75, 3.05) is 6.61 Å². The van der Waals surface area contributed by atoms with Crippen molar-refractivity contribution in [3.63, 3.8) is 0 Å². The molecular formula is C18H19N3O5. The van der Waals surface area contributed by atoms with Crippen LogP contribution < -0.4 is 15.6 Å². The van der Waals surface area contributed by atoms with Crippen molar-refractivity contribution in [2.24, 2.45) is 0 Å². The van der Waals surface area contributed by atoms with Gasteiger partial charge in [0.15, 0.2) is 6.61 Å². The van der Waals surface area contributed by atoms with Crippen molar-refractivity contribution in [1.82, 2.24) is 10.9 Å². The summed E-state index contributed by atoms with van der Waals surface area (Å²) in [6, 6.07) is 11.6. The highest BCUT2D eigenvalue weighted by Crippen LogP contribution is 2.22. The molecular weight excluding hydrogens is 338 g/mol. The van der Waals surface area contributed by atoms with Gasteiger partial charge in [-0.15, -0.1) is 0 Å². The third-order valence-electron chi connectivity index (χ3n) is 3.64. The summed E-state index contributed by atoms with van der Waals surface area (Å²) >= 11 is 0.